The van der Waals surface area contributed by atoms with E-state index in [2.05, 4.69) is 15.3 Å². The van der Waals surface area contributed by atoms with Gasteiger partial charge in [0.15, 0.2) is 0 Å². The Bertz CT molecular complexity index is 797. The second-order valence-corrected chi connectivity index (χ2v) is 6.30. The molecule has 0 aliphatic carbocycles. The normalized spacial score (nSPS) is 11.9. The molecule has 2 aromatic heterocycles. The van der Waals surface area contributed by atoms with Gasteiger partial charge in [-0.2, -0.15) is 0 Å². The predicted octanol–water partition coefficient (Wildman–Crippen LogP) is 4.04. The zero-order valence-electron chi connectivity index (χ0n) is 11.4. The molecule has 4 nitrogen and oxygen atoms in total. The Hall–Kier alpha value is -2.24. The first-order valence-electron chi connectivity index (χ1n) is 6.55. The fourth-order valence-electron chi connectivity index (χ4n) is 1.89. The lowest BCUT2D eigenvalue weighted by Gasteiger charge is -2.08. The van der Waals surface area contributed by atoms with Gasteiger partial charge in [0.1, 0.15) is 16.8 Å². The lowest BCUT2D eigenvalue weighted by atomic mass is 10.4. The summed E-state index contributed by atoms with van der Waals surface area (Å²) < 4.78 is 12.6. The number of benzene rings is 1. The number of hydrogen-bond donors (Lipinski definition) is 1. The van der Waals surface area contributed by atoms with E-state index >= 15 is 0 Å². The van der Waals surface area contributed by atoms with Crippen LogP contribution in [0.25, 0.3) is 0 Å². The van der Waals surface area contributed by atoms with Gasteiger partial charge in [-0.1, -0.05) is 35.9 Å². The minimum Gasteiger partial charge on any atom is -0.325 e. The molecule has 0 spiro atoms. The first kappa shape index (κ1) is 14.7. The Morgan fingerprint density at radius 2 is 1.68 bits per heavy atom. The van der Waals surface area contributed by atoms with Crippen molar-refractivity contribution in [1.82, 2.24) is 9.97 Å². The van der Waals surface area contributed by atoms with Crippen LogP contribution in [0.2, 0.25) is 5.15 Å². The van der Waals surface area contributed by atoms with Gasteiger partial charge in [0.05, 0.1) is 15.7 Å². The maximum atomic E-state index is 12.6. The summed E-state index contributed by atoms with van der Waals surface area (Å²) in [7, 11) is -1.31. The molecule has 0 aliphatic rings. The first-order valence-corrected chi connectivity index (χ1v) is 8.07. The van der Waals surface area contributed by atoms with E-state index < -0.39 is 10.8 Å². The Balaban J connectivity index is 1.92. The average molecular weight is 330 g/mol. The number of nitrogens with one attached hydrogen (secondary N) is 1. The monoisotopic (exact) mass is 329 g/mol. The van der Waals surface area contributed by atoms with Gasteiger partial charge in [-0.15, -0.1) is 0 Å². The van der Waals surface area contributed by atoms with Gasteiger partial charge in [-0.05, 0) is 36.4 Å². The molecular formula is C16H12ClN3OS. The number of nitrogens with zero attached hydrogens (tertiary/aromatic N) is 2. The maximum Gasteiger partial charge on any atom is 0.134 e. The number of halogens is 1. The standard InChI is InChI=1S/C16H12ClN3OS/c17-14-10-13(22(21)12-6-2-1-3-7-12)11-16(19-14)20-15-8-4-5-9-18-15/h1-11H,(H,18,19,20). The Kier molecular flexibility index (Phi) is 4.46. The van der Waals surface area contributed by atoms with Gasteiger partial charge in [0.2, 0.25) is 0 Å². The van der Waals surface area contributed by atoms with Crippen LogP contribution in [0.1, 0.15) is 0 Å². The van der Waals surface area contributed by atoms with E-state index in [0.29, 0.717) is 21.4 Å². The molecule has 1 N–H and O–H groups in total. The number of anilines is 2. The summed E-state index contributed by atoms with van der Waals surface area (Å²) >= 11 is 6.04. The number of hydrogen-bond acceptors (Lipinski definition) is 4. The first-order chi connectivity index (χ1) is 10.7. The molecule has 0 bridgehead atoms. The Morgan fingerprint density at radius 3 is 2.41 bits per heavy atom. The van der Waals surface area contributed by atoms with E-state index in [4.69, 9.17) is 11.6 Å². The molecule has 2 heterocycles. The van der Waals surface area contributed by atoms with E-state index in [1.165, 1.54) is 0 Å². The minimum absolute atomic E-state index is 0.278. The van der Waals surface area contributed by atoms with Crippen LogP contribution in [-0.2, 0) is 10.8 Å². The Morgan fingerprint density at radius 1 is 0.909 bits per heavy atom. The van der Waals surface area contributed by atoms with Crippen molar-refractivity contribution in [3.63, 3.8) is 0 Å². The average Bonchev–Trinajstić information content (AvgIpc) is 2.55. The van der Waals surface area contributed by atoms with Crippen LogP contribution in [-0.4, -0.2) is 14.2 Å². The van der Waals surface area contributed by atoms with E-state index in [1.54, 1.807) is 18.3 Å². The zero-order valence-corrected chi connectivity index (χ0v) is 13.0. The third-order valence-corrected chi connectivity index (χ3v) is 4.42. The van der Waals surface area contributed by atoms with E-state index in [0.717, 1.165) is 0 Å². The van der Waals surface area contributed by atoms with Gasteiger partial charge in [-0.25, -0.2) is 14.2 Å². The molecule has 110 valence electrons. The third-order valence-electron chi connectivity index (χ3n) is 2.86. The van der Waals surface area contributed by atoms with Gasteiger partial charge in [0, 0.05) is 11.1 Å². The lowest BCUT2D eigenvalue weighted by molar-refractivity contribution is 0.683. The zero-order chi connectivity index (χ0) is 15.4. The van der Waals surface area contributed by atoms with Crippen LogP contribution in [0.5, 0.6) is 0 Å². The van der Waals surface area contributed by atoms with Crippen molar-refractivity contribution >= 4 is 34.0 Å². The Labute approximate surface area is 135 Å². The van der Waals surface area contributed by atoms with Crippen LogP contribution in [0.3, 0.4) is 0 Å². The molecular weight excluding hydrogens is 318 g/mol. The summed E-state index contributed by atoms with van der Waals surface area (Å²) in [6.45, 7) is 0. The summed E-state index contributed by atoms with van der Waals surface area (Å²) in [4.78, 5) is 9.66. The summed E-state index contributed by atoms with van der Waals surface area (Å²) in [5.41, 5.74) is 0. The largest absolute Gasteiger partial charge is 0.325 e. The maximum absolute atomic E-state index is 12.6. The summed E-state index contributed by atoms with van der Waals surface area (Å²) in [5, 5.41) is 3.33. The molecule has 0 radical (unpaired) electrons. The molecule has 6 heteroatoms. The van der Waals surface area contributed by atoms with Gasteiger partial charge in [0.25, 0.3) is 0 Å². The van der Waals surface area contributed by atoms with E-state index in [9.17, 15) is 4.21 Å². The highest BCUT2D eigenvalue weighted by Crippen LogP contribution is 2.23. The number of aromatic nitrogens is 2. The van der Waals surface area contributed by atoms with E-state index in [-0.39, 0.29) is 5.15 Å². The molecule has 1 aromatic carbocycles. The molecule has 22 heavy (non-hydrogen) atoms. The molecule has 0 fully saturated rings. The van der Waals surface area contributed by atoms with Crippen molar-refractivity contribution in [3.05, 3.63) is 72.0 Å². The summed E-state index contributed by atoms with van der Waals surface area (Å²) in [6, 6.07) is 18.0. The summed E-state index contributed by atoms with van der Waals surface area (Å²) in [5.74, 6) is 1.15. The third kappa shape index (κ3) is 3.50. The lowest BCUT2D eigenvalue weighted by Crippen LogP contribution is -1.99. The molecule has 1 atom stereocenters. The molecule has 0 amide bonds. The van der Waals surface area contributed by atoms with Crippen molar-refractivity contribution in [1.29, 1.82) is 0 Å². The summed E-state index contributed by atoms with van der Waals surface area (Å²) in [6.07, 6.45) is 1.68. The van der Waals surface area contributed by atoms with Crippen LogP contribution in [0.4, 0.5) is 11.6 Å². The second-order valence-electron chi connectivity index (χ2n) is 4.43. The second kappa shape index (κ2) is 6.68. The van der Waals surface area contributed by atoms with Crippen LogP contribution in [0.15, 0.2) is 76.7 Å². The number of rotatable bonds is 4. The molecule has 3 aromatic rings. The van der Waals surface area contributed by atoms with Crippen LogP contribution < -0.4 is 5.32 Å². The predicted molar refractivity (Wildman–Crippen MR) is 87.9 cm³/mol. The van der Waals surface area contributed by atoms with Crippen molar-refractivity contribution in [3.8, 4) is 0 Å². The van der Waals surface area contributed by atoms with Crippen molar-refractivity contribution < 1.29 is 4.21 Å². The molecule has 3 rings (SSSR count). The molecule has 1 unspecified atom stereocenters. The topological polar surface area (TPSA) is 54.9 Å². The highest BCUT2D eigenvalue weighted by Gasteiger charge is 2.10. The quantitative estimate of drug-likeness (QED) is 0.734. The highest BCUT2D eigenvalue weighted by atomic mass is 35.5. The van der Waals surface area contributed by atoms with E-state index in [1.807, 2.05) is 48.5 Å². The van der Waals surface area contributed by atoms with Crippen molar-refractivity contribution in [2.45, 2.75) is 9.79 Å². The SMILES string of the molecule is O=S(c1ccccc1)c1cc(Cl)nc(Nc2ccccn2)c1. The molecule has 0 aliphatic heterocycles. The van der Waals surface area contributed by atoms with Crippen molar-refractivity contribution in [2.75, 3.05) is 5.32 Å². The van der Waals surface area contributed by atoms with Gasteiger partial charge in [-0.3, -0.25) is 0 Å². The number of pyridine rings is 2. The molecule has 0 saturated carbocycles. The van der Waals surface area contributed by atoms with Crippen LogP contribution >= 0.6 is 11.6 Å². The fraction of sp³-hybridized carbons (Fsp3) is 0. The van der Waals surface area contributed by atoms with Gasteiger partial charge >= 0.3 is 0 Å². The van der Waals surface area contributed by atoms with Crippen molar-refractivity contribution in [2.24, 2.45) is 0 Å². The minimum atomic E-state index is -1.31. The van der Waals surface area contributed by atoms with Crippen LogP contribution in [0, 0.1) is 0 Å². The highest BCUT2D eigenvalue weighted by molar-refractivity contribution is 7.85. The molecule has 0 saturated heterocycles. The smallest absolute Gasteiger partial charge is 0.134 e. The van der Waals surface area contributed by atoms with Gasteiger partial charge < -0.3 is 5.32 Å². The fourth-order valence-corrected chi connectivity index (χ4v) is 3.28.